The molecule has 1 aliphatic rings. The molecule has 1 aliphatic carbocycles. The summed E-state index contributed by atoms with van der Waals surface area (Å²) in [6.45, 7) is 0. The molecule has 1 saturated carbocycles. The molecule has 64 valence electrons. The van der Waals surface area contributed by atoms with Gasteiger partial charge in [0.15, 0.2) is 0 Å². The van der Waals surface area contributed by atoms with Gasteiger partial charge in [0, 0.05) is 27.1 Å². The summed E-state index contributed by atoms with van der Waals surface area (Å²) in [7, 11) is 0. The zero-order chi connectivity index (χ0) is 6.69. The van der Waals surface area contributed by atoms with Crippen LogP contribution >= 0.6 is 23.6 Å². The third-order valence-corrected chi connectivity index (χ3v) is 2.40. The van der Waals surface area contributed by atoms with Crippen LogP contribution in [0.4, 0.5) is 0 Å². The van der Waals surface area contributed by atoms with E-state index in [0.717, 1.165) is 12.8 Å². The van der Waals surface area contributed by atoms with Gasteiger partial charge in [0.2, 0.25) is 0 Å². The summed E-state index contributed by atoms with van der Waals surface area (Å²) in [5.74, 6) is 0. The van der Waals surface area contributed by atoms with Gasteiger partial charge in [-0.3, -0.25) is 0 Å². The molecule has 0 radical (unpaired) electrons. The summed E-state index contributed by atoms with van der Waals surface area (Å²) in [4.78, 5) is 0. The Bertz CT molecular complexity index is 83.8. The number of halogens is 2. The van der Waals surface area contributed by atoms with Gasteiger partial charge in [0.25, 0.3) is 0 Å². The van der Waals surface area contributed by atoms with E-state index in [-0.39, 0.29) is 21.1 Å². The van der Waals surface area contributed by atoms with Crippen molar-refractivity contribution in [1.82, 2.24) is 3.94 Å². The number of hydrogen-bond acceptors (Lipinski definition) is 1. The van der Waals surface area contributed by atoms with E-state index in [9.17, 15) is 0 Å². The SMILES string of the molecule is ClN(Cl)C1CCCCC1.[Pt]. The Morgan fingerprint density at radius 2 is 1.50 bits per heavy atom. The van der Waals surface area contributed by atoms with Crippen LogP contribution in [-0.2, 0) is 21.1 Å². The molecular weight excluding hydrogens is 352 g/mol. The Hall–Kier alpha value is 1.23. The Balaban J connectivity index is 0.000000810. The Kier molecular flexibility index (Phi) is 6.54. The van der Waals surface area contributed by atoms with Gasteiger partial charge in [0.1, 0.15) is 0 Å². The largest absolute Gasteiger partial charge is 0.129 e. The summed E-state index contributed by atoms with van der Waals surface area (Å²) in [6.07, 6.45) is 6.22. The minimum Gasteiger partial charge on any atom is -0.129 e. The zero-order valence-electron chi connectivity index (χ0n) is 5.63. The normalized spacial score (nSPS) is 20.7. The molecule has 0 atom stereocenters. The molecule has 0 saturated heterocycles. The van der Waals surface area contributed by atoms with Gasteiger partial charge in [-0.15, -0.1) is 3.94 Å². The molecule has 0 aromatic heterocycles. The van der Waals surface area contributed by atoms with E-state index in [1.807, 2.05) is 0 Å². The molecule has 1 rings (SSSR count). The Morgan fingerprint density at radius 3 is 1.80 bits per heavy atom. The van der Waals surface area contributed by atoms with Crippen molar-refractivity contribution < 1.29 is 21.1 Å². The first-order chi connectivity index (χ1) is 4.30. The smallest absolute Gasteiger partial charge is 0.0416 e. The maximum absolute atomic E-state index is 5.56. The van der Waals surface area contributed by atoms with Gasteiger partial charge in [-0.05, 0) is 36.4 Å². The van der Waals surface area contributed by atoms with Gasteiger partial charge >= 0.3 is 0 Å². The summed E-state index contributed by atoms with van der Waals surface area (Å²) >= 11 is 11.1. The second-order valence-electron chi connectivity index (χ2n) is 2.55. The van der Waals surface area contributed by atoms with Crippen molar-refractivity contribution in [2.24, 2.45) is 0 Å². The fourth-order valence-electron chi connectivity index (χ4n) is 1.28. The van der Waals surface area contributed by atoms with Crippen LogP contribution < -0.4 is 0 Å². The average molecular weight is 363 g/mol. The molecule has 0 unspecified atom stereocenters. The van der Waals surface area contributed by atoms with Crippen molar-refractivity contribution in [1.29, 1.82) is 0 Å². The summed E-state index contributed by atoms with van der Waals surface area (Å²) < 4.78 is 1.30. The van der Waals surface area contributed by atoms with Crippen LogP contribution in [0.25, 0.3) is 0 Å². The predicted molar refractivity (Wildman–Crippen MR) is 40.4 cm³/mol. The standard InChI is InChI=1S/C6H11Cl2N.Pt/c7-9(8)6-4-2-1-3-5-6;/h6H,1-5H2;. The molecule has 0 aliphatic heterocycles. The minimum atomic E-state index is 0. The summed E-state index contributed by atoms with van der Waals surface area (Å²) in [5, 5.41) is 0. The average Bonchev–Trinajstić information content (AvgIpc) is 1.90. The van der Waals surface area contributed by atoms with Crippen molar-refractivity contribution in [2.75, 3.05) is 0 Å². The monoisotopic (exact) mass is 362 g/mol. The van der Waals surface area contributed by atoms with Crippen molar-refractivity contribution in [3.05, 3.63) is 0 Å². The van der Waals surface area contributed by atoms with E-state index < -0.39 is 0 Å². The Labute approximate surface area is 86.5 Å². The summed E-state index contributed by atoms with van der Waals surface area (Å²) in [5.41, 5.74) is 0. The predicted octanol–water partition coefficient (Wildman–Crippen LogP) is 2.93. The maximum atomic E-state index is 5.56. The fourth-order valence-corrected chi connectivity index (χ4v) is 1.67. The van der Waals surface area contributed by atoms with Crippen LogP contribution in [0.5, 0.6) is 0 Å². The second kappa shape index (κ2) is 5.83. The number of rotatable bonds is 1. The number of nitrogens with zero attached hydrogens (tertiary/aromatic N) is 1. The molecule has 0 aromatic rings. The Morgan fingerprint density at radius 1 is 1.00 bits per heavy atom. The number of hydrogen-bond donors (Lipinski definition) is 0. The van der Waals surface area contributed by atoms with Gasteiger partial charge in [-0.2, -0.15) is 0 Å². The first-order valence-corrected chi connectivity index (χ1v) is 4.09. The quantitative estimate of drug-likeness (QED) is 0.648. The van der Waals surface area contributed by atoms with Crippen molar-refractivity contribution in [3.63, 3.8) is 0 Å². The fraction of sp³-hybridized carbons (Fsp3) is 1.00. The van der Waals surface area contributed by atoms with Crippen molar-refractivity contribution >= 4 is 23.6 Å². The second-order valence-corrected chi connectivity index (χ2v) is 3.45. The summed E-state index contributed by atoms with van der Waals surface area (Å²) in [6, 6.07) is 0.419. The molecule has 0 amide bonds. The molecule has 0 heterocycles. The van der Waals surface area contributed by atoms with Gasteiger partial charge in [-0.25, -0.2) is 0 Å². The van der Waals surface area contributed by atoms with Crippen LogP contribution in [0, 0.1) is 0 Å². The van der Waals surface area contributed by atoms with Gasteiger partial charge < -0.3 is 0 Å². The topological polar surface area (TPSA) is 3.24 Å². The van der Waals surface area contributed by atoms with Crippen LogP contribution in [-0.4, -0.2) is 9.98 Å². The van der Waals surface area contributed by atoms with E-state index in [4.69, 9.17) is 23.6 Å². The molecule has 0 N–H and O–H groups in total. The molecule has 0 aromatic carbocycles. The molecule has 1 nitrogen and oxygen atoms in total. The third kappa shape index (κ3) is 3.57. The van der Waals surface area contributed by atoms with Gasteiger partial charge in [-0.1, -0.05) is 19.3 Å². The minimum absolute atomic E-state index is 0. The van der Waals surface area contributed by atoms with Crippen molar-refractivity contribution in [2.45, 2.75) is 38.1 Å². The third-order valence-electron chi connectivity index (χ3n) is 1.85. The van der Waals surface area contributed by atoms with E-state index in [1.54, 1.807) is 0 Å². The van der Waals surface area contributed by atoms with E-state index in [0.29, 0.717) is 6.04 Å². The van der Waals surface area contributed by atoms with E-state index in [2.05, 4.69) is 0 Å². The van der Waals surface area contributed by atoms with Gasteiger partial charge in [0.05, 0.1) is 0 Å². The maximum Gasteiger partial charge on any atom is 0.0416 e. The molecule has 4 heteroatoms. The van der Waals surface area contributed by atoms with Crippen molar-refractivity contribution in [3.8, 4) is 0 Å². The van der Waals surface area contributed by atoms with Crippen LogP contribution in [0.15, 0.2) is 0 Å². The van der Waals surface area contributed by atoms with E-state index >= 15 is 0 Å². The molecule has 0 bridgehead atoms. The van der Waals surface area contributed by atoms with E-state index in [1.165, 1.54) is 23.2 Å². The van der Waals surface area contributed by atoms with Crippen LogP contribution in [0.3, 0.4) is 0 Å². The first kappa shape index (κ1) is 11.2. The van der Waals surface area contributed by atoms with Crippen LogP contribution in [0.2, 0.25) is 0 Å². The molecule has 1 fully saturated rings. The molecule has 0 spiro atoms. The zero-order valence-corrected chi connectivity index (χ0v) is 9.42. The van der Waals surface area contributed by atoms with Crippen LogP contribution in [0.1, 0.15) is 32.1 Å². The first-order valence-electron chi connectivity index (χ1n) is 3.41. The molecule has 10 heavy (non-hydrogen) atoms. The molecular formula is C6H11Cl2NPt.